The van der Waals surface area contributed by atoms with Crippen molar-refractivity contribution < 1.29 is 13.2 Å². The lowest BCUT2D eigenvalue weighted by molar-refractivity contribution is -0.116. The molecule has 0 saturated heterocycles. The minimum Gasteiger partial charge on any atom is -0.301 e. The van der Waals surface area contributed by atoms with E-state index in [2.05, 4.69) is 10.3 Å². The summed E-state index contributed by atoms with van der Waals surface area (Å²) in [6.45, 7) is -0.193. The molecule has 2 bridgehead atoms. The van der Waals surface area contributed by atoms with E-state index in [0.717, 1.165) is 28.1 Å². The summed E-state index contributed by atoms with van der Waals surface area (Å²) in [7, 11) is -1.96. The van der Waals surface area contributed by atoms with Crippen LogP contribution in [0.2, 0.25) is 0 Å². The summed E-state index contributed by atoms with van der Waals surface area (Å²) in [6, 6.07) is 0. The summed E-state index contributed by atoms with van der Waals surface area (Å²) in [5, 5.41) is 5.28. The van der Waals surface area contributed by atoms with Crippen molar-refractivity contribution in [2.24, 2.45) is 11.8 Å². The van der Waals surface area contributed by atoms with Gasteiger partial charge in [-0.15, -0.1) is 11.3 Å². The summed E-state index contributed by atoms with van der Waals surface area (Å²) >= 11 is 1.42. The Morgan fingerprint density at radius 2 is 2.23 bits per heavy atom. The molecule has 3 rings (SSSR count). The summed E-state index contributed by atoms with van der Waals surface area (Å²) in [5.74, 6) is 1.80. The van der Waals surface area contributed by atoms with Crippen LogP contribution in [0.15, 0.2) is 5.38 Å². The molecule has 22 heavy (non-hydrogen) atoms. The molecule has 0 radical (unpaired) electrons. The fourth-order valence-electron chi connectivity index (χ4n) is 3.60. The number of anilines is 1. The van der Waals surface area contributed by atoms with Gasteiger partial charge in [0.25, 0.3) is 0 Å². The van der Waals surface area contributed by atoms with Crippen LogP contribution in [0.5, 0.6) is 0 Å². The molecule has 122 valence electrons. The molecule has 3 atom stereocenters. The molecule has 1 aromatic heterocycles. The number of rotatable bonds is 5. The Labute approximate surface area is 135 Å². The Morgan fingerprint density at radius 3 is 2.82 bits per heavy atom. The number of fused-ring (bicyclic) bond motifs is 2. The van der Waals surface area contributed by atoms with Crippen LogP contribution < -0.4 is 5.32 Å². The van der Waals surface area contributed by atoms with Crippen LogP contribution in [-0.2, 0) is 14.8 Å². The number of hydrogen-bond acceptors (Lipinski definition) is 5. The maximum absolute atomic E-state index is 11.9. The van der Waals surface area contributed by atoms with E-state index in [4.69, 9.17) is 0 Å². The van der Waals surface area contributed by atoms with Gasteiger partial charge >= 0.3 is 0 Å². The van der Waals surface area contributed by atoms with Crippen molar-refractivity contribution in [3.63, 3.8) is 0 Å². The predicted molar refractivity (Wildman–Crippen MR) is 86.4 cm³/mol. The van der Waals surface area contributed by atoms with E-state index in [0.29, 0.717) is 11.0 Å². The Kier molecular flexibility index (Phi) is 4.26. The Balaban J connectivity index is 1.59. The van der Waals surface area contributed by atoms with Crippen molar-refractivity contribution in [3.8, 4) is 0 Å². The molecule has 0 aromatic carbocycles. The smallest absolute Gasteiger partial charge is 0.241 e. The van der Waals surface area contributed by atoms with E-state index in [1.54, 1.807) is 0 Å². The average molecular weight is 343 g/mol. The van der Waals surface area contributed by atoms with Gasteiger partial charge in [0.05, 0.1) is 18.5 Å². The standard InChI is InChI=1S/C14H21N3O3S2/c1-17(22(2,19)20)7-13(18)16-14-15-12(8-21-14)11-6-9-3-4-10(11)5-9/h8-11H,3-7H2,1-2H3,(H,15,16,18)/t9-,10-,11+/m0/s1. The molecular formula is C14H21N3O3S2. The zero-order valence-corrected chi connectivity index (χ0v) is 14.4. The Hall–Kier alpha value is -0.990. The number of nitrogens with one attached hydrogen (secondary N) is 1. The highest BCUT2D eigenvalue weighted by Gasteiger charge is 2.41. The van der Waals surface area contributed by atoms with Crippen LogP contribution in [0, 0.1) is 11.8 Å². The van der Waals surface area contributed by atoms with E-state index >= 15 is 0 Å². The van der Waals surface area contributed by atoms with Crippen LogP contribution in [-0.4, -0.2) is 43.5 Å². The van der Waals surface area contributed by atoms with Gasteiger partial charge < -0.3 is 5.32 Å². The maximum Gasteiger partial charge on any atom is 0.241 e. The molecule has 1 heterocycles. The molecule has 0 aliphatic heterocycles. The second-order valence-electron chi connectivity index (χ2n) is 6.43. The highest BCUT2D eigenvalue weighted by Crippen LogP contribution is 2.52. The Bertz CT molecular complexity index is 671. The first-order valence-electron chi connectivity index (χ1n) is 7.49. The highest BCUT2D eigenvalue weighted by molar-refractivity contribution is 7.88. The molecule has 0 spiro atoms. The van der Waals surface area contributed by atoms with Crippen molar-refractivity contribution in [2.45, 2.75) is 31.6 Å². The predicted octanol–water partition coefficient (Wildman–Crippen LogP) is 1.88. The number of nitrogens with zero attached hydrogens (tertiary/aromatic N) is 2. The SMILES string of the molecule is CN(CC(=O)Nc1nc([C@@H]2C[C@H]3CC[C@H]2C3)cs1)S(C)(=O)=O. The van der Waals surface area contributed by atoms with E-state index in [1.807, 2.05) is 5.38 Å². The zero-order chi connectivity index (χ0) is 15.9. The topological polar surface area (TPSA) is 79.4 Å². The number of thiazole rings is 1. The van der Waals surface area contributed by atoms with Gasteiger partial charge in [0.2, 0.25) is 15.9 Å². The van der Waals surface area contributed by atoms with Crippen molar-refractivity contribution >= 4 is 32.4 Å². The van der Waals surface area contributed by atoms with Crippen molar-refractivity contribution in [3.05, 3.63) is 11.1 Å². The third-order valence-electron chi connectivity index (χ3n) is 4.82. The van der Waals surface area contributed by atoms with E-state index in [1.165, 1.54) is 44.1 Å². The van der Waals surface area contributed by atoms with Gasteiger partial charge in [0.15, 0.2) is 5.13 Å². The second-order valence-corrected chi connectivity index (χ2v) is 9.37. The second kappa shape index (κ2) is 5.90. The van der Waals surface area contributed by atoms with Crippen LogP contribution >= 0.6 is 11.3 Å². The fraction of sp³-hybridized carbons (Fsp3) is 0.714. The Morgan fingerprint density at radius 1 is 1.45 bits per heavy atom. The maximum atomic E-state index is 11.9. The van der Waals surface area contributed by atoms with E-state index in [-0.39, 0.29) is 12.5 Å². The van der Waals surface area contributed by atoms with Gasteiger partial charge in [-0.3, -0.25) is 4.79 Å². The molecule has 2 aliphatic rings. The fourth-order valence-corrected chi connectivity index (χ4v) is 4.74. The van der Waals surface area contributed by atoms with Gasteiger partial charge in [-0.25, -0.2) is 13.4 Å². The van der Waals surface area contributed by atoms with Gasteiger partial charge in [-0.05, 0) is 31.1 Å². The van der Waals surface area contributed by atoms with Gasteiger partial charge in [0.1, 0.15) is 0 Å². The summed E-state index contributed by atoms with van der Waals surface area (Å²) in [6.07, 6.45) is 6.28. The normalized spacial score (nSPS) is 27.5. The number of hydrogen-bond donors (Lipinski definition) is 1. The molecule has 1 amide bonds. The average Bonchev–Trinajstić information content (AvgIpc) is 3.12. The largest absolute Gasteiger partial charge is 0.301 e. The van der Waals surface area contributed by atoms with E-state index in [9.17, 15) is 13.2 Å². The number of sulfonamides is 1. The molecule has 2 aliphatic carbocycles. The zero-order valence-electron chi connectivity index (χ0n) is 12.8. The number of carbonyl (C=O) groups is 1. The van der Waals surface area contributed by atoms with Crippen LogP contribution in [0.1, 0.15) is 37.3 Å². The minimum atomic E-state index is -3.35. The van der Waals surface area contributed by atoms with E-state index < -0.39 is 10.0 Å². The number of likely N-dealkylation sites (N-methyl/N-ethyl adjacent to an activating group) is 1. The molecule has 2 saturated carbocycles. The third kappa shape index (κ3) is 3.33. The number of amides is 1. The summed E-state index contributed by atoms with van der Waals surface area (Å²) in [5.41, 5.74) is 1.09. The first-order chi connectivity index (χ1) is 10.3. The summed E-state index contributed by atoms with van der Waals surface area (Å²) < 4.78 is 23.6. The van der Waals surface area contributed by atoms with Crippen LogP contribution in [0.25, 0.3) is 0 Å². The highest BCUT2D eigenvalue weighted by atomic mass is 32.2. The minimum absolute atomic E-state index is 0.193. The van der Waals surface area contributed by atoms with Crippen molar-refractivity contribution in [1.29, 1.82) is 0 Å². The van der Waals surface area contributed by atoms with Crippen molar-refractivity contribution in [2.75, 3.05) is 25.2 Å². The molecule has 8 heteroatoms. The first kappa shape index (κ1) is 15.9. The lowest BCUT2D eigenvalue weighted by atomic mass is 9.87. The number of aromatic nitrogens is 1. The molecule has 1 N–H and O–H groups in total. The van der Waals surface area contributed by atoms with Gasteiger partial charge in [-0.1, -0.05) is 6.42 Å². The lowest BCUT2D eigenvalue weighted by Gasteiger charge is -2.19. The van der Waals surface area contributed by atoms with Crippen LogP contribution in [0.3, 0.4) is 0 Å². The monoisotopic (exact) mass is 343 g/mol. The van der Waals surface area contributed by atoms with Crippen LogP contribution in [0.4, 0.5) is 5.13 Å². The lowest BCUT2D eigenvalue weighted by Crippen LogP contribution is -2.34. The molecule has 0 unspecified atom stereocenters. The molecule has 1 aromatic rings. The van der Waals surface area contributed by atoms with Gasteiger partial charge in [-0.2, -0.15) is 4.31 Å². The summed E-state index contributed by atoms with van der Waals surface area (Å²) in [4.78, 5) is 16.4. The molecule has 6 nitrogen and oxygen atoms in total. The quantitative estimate of drug-likeness (QED) is 0.885. The first-order valence-corrected chi connectivity index (χ1v) is 10.2. The van der Waals surface area contributed by atoms with Crippen molar-refractivity contribution in [1.82, 2.24) is 9.29 Å². The van der Waals surface area contributed by atoms with Gasteiger partial charge in [0, 0.05) is 18.3 Å². The number of carbonyl (C=O) groups excluding carboxylic acids is 1. The third-order valence-corrected chi connectivity index (χ3v) is 6.86. The molecule has 2 fully saturated rings. The molecular weight excluding hydrogens is 322 g/mol.